The van der Waals surface area contributed by atoms with E-state index in [9.17, 15) is 9.18 Å². The Hall–Kier alpha value is -1.42. The van der Waals surface area contributed by atoms with Gasteiger partial charge in [-0.1, -0.05) is 19.1 Å². The summed E-state index contributed by atoms with van der Waals surface area (Å²) in [5.41, 5.74) is 0.905. The highest BCUT2D eigenvalue weighted by Crippen LogP contribution is 2.33. The molecule has 0 saturated carbocycles. The summed E-state index contributed by atoms with van der Waals surface area (Å²) in [6.07, 6.45) is 1.90. The van der Waals surface area contributed by atoms with Crippen molar-refractivity contribution in [2.24, 2.45) is 5.92 Å². The van der Waals surface area contributed by atoms with Gasteiger partial charge in [-0.2, -0.15) is 0 Å². The van der Waals surface area contributed by atoms with E-state index in [0.29, 0.717) is 6.54 Å². The Kier molecular flexibility index (Phi) is 4.53. The highest BCUT2D eigenvalue weighted by atomic mass is 19.1. The smallest absolute Gasteiger partial charge is 0.227 e. The highest BCUT2D eigenvalue weighted by Gasteiger charge is 2.32. The van der Waals surface area contributed by atoms with E-state index in [1.165, 1.54) is 6.07 Å². The summed E-state index contributed by atoms with van der Waals surface area (Å²) in [6, 6.07) is 6.63. The molecular formula is C15H21FN2O. The summed E-state index contributed by atoms with van der Waals surface area (Å²) >= 11 is 0. The topological polar surface area (TPSA) is 32.3 Å². The fraction of sp³-hybridized carbons (Fsp3) is 0.533. The molecule has 4 heteroatoms. The van der Waals surface area contributed by atoms with Crippen molar-refractivity contribution in [3.05, 3.63) is 35.6 Å². The van der Waals surface area contributed by atoms with Gasteiger partial charge in [0.15, 0.2) is 0 Å². The molecule has 0 radical (unpaired) electrons. The van der Waals surface area contributed by atoms with Gasteiger partial charge in [-0.15, -0.1) is 0 Å². The maximum absolute atomic E-state index is 13.3. The van der Waals surface area contributed by atoms with E-state index in [1.54, 1.807) is 12.1 Å². The second-order valence-electron chi connectivity index (χ2n) is 5.20. The quantitative estimate of drug-likeness (QED) is 0.905. The minimum Gasteiger partial charge on any atom is -0.335 e. The van der Waals surface area contributed by atoms with Crippen LogP contribution in [0.2, 0.25) is 0 Å². The molecule has 104 valence electrons. The molecule has 2 atom stereocenters. The zero-order valence-electron chi connectivity index (χ0n) is 11.5. The molecule has 2 rings (SSSR count). The van der Waals surface area contributed by atoms with Crippen LogP contribution in [0.3, 0.4) is 0 Å². The Balaban J connectivity index is 2.15. The van der Waals surface area contributed by atoms with Gasteiger partial charge < -0.3 is 10.2 Å². The Morgan fingerprint density at radius 1 is 1.58 bits per heavy atom. The van der Waals surface area contributed by atoms with Crippen molar-refractivity contribution in [3.63, 3.8) is 0 Å². The van der Waals surface area contributed by atoms with E-state index in [-0.39, 0.29) is 23.7 Å². The molecule has 19 heavy (non-hydrogen) atoms. The molecule has 1 aromatic rings. The molecule has 3 nitrogen and oxygen atoms in total. The van der Waals surface area contributed by atoms with Crippen LogP contribution >= 0.6 is 0 Å². The molecule has 0 aliphatic carbocycles. The van der Waals surface area contributed by atoms with Crippen LogP contribution in [-0.4, -0.2) is 30.9 Å². The summed E-state index contributed by atoms with van der Waals surface area (Å²) in [6.45, 7) is 3.37. The predicted octanol–water partition coefficient (Wildman–Crippen LogP) is 2.34. The maximum Gasteiger partial charge on any atom is 0.227 e. The maximum atomic E-state index is 13.3. The molecule has 0 spiro atoms. The third-order valence-electron chi connectivity index (χ3n) is 3.70. The number of likely N-dealkylation sites (tertiary alicyclic amines) is 1. The van der Waals surface area contributed by atoms with Crippen LogP contribution in [0.4, 0.5) is 4.39 Å². The molecule has 1 heterocycles. The minimum absolute atomic E-state index is 0.0301. The van der Waals surface area contributed by atoms with Crippen LogP contribution in [0.25, 0.3) is 0 Å². The number of hydrogen-bond acceptors (Lipinski definition) is 2. The van der Waals surface area contributed by atoms with Crippen molar-refractivity contribution in [1.29, 1.82) is 0 Å². The first-order valence-electron chi connectivity index (χ1n) is 6.84. The van der Waals surface area contributed by atoms with E-state index in [4.69, 9.17) is 0 Å². The molecule has 1 aliphatic rings. The fourth-order valence-electron chi connectivity index (χ4n) is 2.77. The summed E-state index contributed by atoms with van der Waals surface area (Å²) in [5.74, 6) is -0.125. The molecule has 1 fully saturated rings. The van der Waals surface area contributed by atoms with Crippen LogP contribution in [0.5, 0.6) is 0 Å². The Labute approximate surface area is 113 Å². The van der Waals surface area contributed by atoms with Gasteiger partial charge in [0.05, 0.1) is 6.04 Å². The van der Waals surface area contributed by atoms with Crippen LogP contribution in [0.1, 0.15) is 31.4 Å². The van der Waals surface area contributed by atoms with E-state index in [1.807, 2.05) is 24.9 Å². The van der Waals surface area contributed by atoms with Crippen LogP contribution in [0.15, 0.2) is 24.3 Å². The van der Waals surface area contributed by atoms with Crippen LogP contribution < -0.4 is 5.32 Å². The van der Waals surface area contributed by atoms with Gasteiger partial charge in [-0.05, 0) is 37.6 Å². The lowest BCUT2D eigenvalue weighted by molar-refractivity contribution is -0.135. The van der Waals surface area contributed by atoms with E-state index >= 15 is 0 Å². The van der Waals surface area contributed by atoms with Gasteiger partial charge in [0.25, 0.3) is 0 Å². The largest absolute Gasteiger partial charge is 0.335 e. The van der Waals surface area contributed by atoms with Crippen molar-refractivity contribution < 1.29 is 9.18 Å². The molecule has 2 unspecified atom stereocenters. The second kappa shape index (κ2) is 6.15. The van der Waals surface area contributed by atoms with E-state index in [0.717, 1.165) is 24.9 Å². The second-order valence-corrected chi connectivity index (χ2v) is 5.20. The summed E-state index contributed by atoms with van der Waals surface area (Å²) < 4.78 is 13.3. The Morgan fingerprint density at radius 3 is 3.05 bits per heavy atom. The summed E-state index contributed by atoms with van der Waals surface area (Å²) in [5, 5.41) is 3.03. The van der Waals surface area contributed by atoms with E-state index < -0.39 is 0 Å². The third-order valence-corrected chi connectivity index (χ3v) is 3.70. The first kappa shape index (κ1) is 14.0. The molecule has 0 bridgehead atoms. The average Bonchev–Trinajstić information content (AvgIpc) is 2.87. The van der Waals surface area contributed by atoms with Gasteiger partial charge in [-0.25, -0.2) is 4.39 Å². The lowest BCUT2D eigenvalue weighted by Gasteiger charge is -2.28. The van der Waals surface area contributed by atoms with Gasteiger partial charge in [0.1, 0.15) is 5.82 Å². The Bertz CT molecular complexity index is 450. The van der Waals surface area contributed by atoms with Crippen LogP contribution in [0, 0.1) is 11.7 Å². The zero-order valence-corrected chi connectivity index (χ0v) is 11.5. The molecule has 1 amide bonds. The molecule has 0 aromatic heterocycles. The van der Waals surface area contributed by atoms with Crippen molar-refractivity contribution in [3.8, 4) is 0 Å². The number of carbonyl (C=O) groups excluding carboxylic acids is 1. The van der Waals surface area contributed by atoms with Crippen molar-refractivity contribution >= 4 is 5.91 Å². The lowest BCUT2D eigenvalue weighted by Crippen LogP contribution is -2.38. The molecule has 1 N–H and O–H groups in total. The normalized spacial score (nSPS) is 20.6. The van der Waals surface area contributed by atoms with Gasteiger partial charge in [0, 0.05) is 19.0 Å². The summed E-state index contributed by atoms with van der Waals surface area (Å²) in [4.78, 5) is 14.3. The number of halogens is 1. The number of nitrogens with one attached hydrogen (secondary N) is 1. The van der Waals surface area contributed by atoms with Gasteiger partial charge in [0.2, 0.25) is 5.91 Å². The van der Waals surface area contributed by atoms with Crippen molar-refractivity contribution in [1.82, 2.24) is 10.2 Å². The number of benzene rings is 1. The third kappa shape index (κ3) is 3.13. The number of hydrogen-bond donors (Lipinski definition) is 1. The SMILES string of the molecule is CNCC(C)C(=O)N1CCCC1c1cccc(F)c1. The minimum atomic E-state index is -0.236. The fourth-order valence-corrected chi connectivity index (χ4v) is 2.77. The molecule has 1 aromatic carbocycles. The number of rotatable bonds is 4. The van der Waals surface area contributed by atoms with Gasteiger partial charge in [-0.3, -0.25) is 4.79 Å². The van der Waals surface area contributed by atoms with E-state index in [2.05, 4.69) is 5.32 Å². The molecule has 1 saturated heterocycles. The molecular weight excluding hydrogens is 243 g/mol. The Morgan fingerprint density at radius 2 is 2.37 bits per heavy atom. The lowest BCUT2D eigenvalue weighted by atomic mass is 10.0. The monoisotopic (exact) mass is 264 g/mol. The standard InChI is InChI=1S/C15H21FN2O/c1-11(10-17-2)15(19)18-8-4-7-14(18)12-5-3-6-13(16)9-12/h3,5-6,9,11,14,17H,4,7-8,10H2,1-2H3. The number of amides is 1. The first-order chi connectivity index (χ1) is 9.13. The first-order valence-corrected chi connectivity index (χ1v) is 6.84. The summed E-state index contributed by atoms with van der Waals surface area (Å²) in [7, 11) is 1.85. The predicted molar refractivity (Wildman–Crippen MR) is 73.2 cm³/mol. The van der Waals surface area contributed by atoms with Gasteiger partial charge >= 0.3 is 0 Å². The highest BCUT2D eigenvalue weighted by molar-refractivity contribution is 5.79. The average molecular weight is 264 g/mol. The number of carbonyl (C=O) groups is 1. The van der Waals surface area contributed by atoms with Crippen LogP contribution in [-0.2, 0) is 4.79 Å². The number of nitrogens with zero attached hydrogens (tertiary/aromatic N) is 1. The van der Waals surface area contributed by atoms with Crippen molar-refractivity contribution in [2.45, 2.75) is 25.8 Å². The molecule has 1 aliphatic heterocycles. The zero-order chi connectivity index (χ0) is 13.8. The van der Waals surface area contributed by atoms with Crippen molar-refractivity contribution in [2.75, 3.05) is 20.1 Å².